The number of imide groups is 1. The van der Waals surface area contributed by atoms with Gasteiger partial charge in [-0.25, -0.2) is 9.59 Å². The van der Waals surface area contributed by atoms with Crippen LogP contribution in [0.2, 0.25) is 0 Å². The minimum absolute atomic E-state index is 0.376. The predicted octanol–water partition coefficient (Wildman–Crippen LogP) is 0.226. The van der Waals surface area contributed by atoms with Crippen LogP contribution in [0.4, 0.5) is 9.59 Å². The molecule has 2 saturated heterocycles. The summed E-state index contributed by atoms with van der Waals surface area (Å²) in [6, 6.07) is 2.42. The van der Waals surface area contributed by atoms with Crippen molar-refractivity contribution in [1.82, 2.24) is 20.9 Å². The van der Waals surface area contributed by atoms with Crippen LogP contribution in [0.3, 0.4) is 0 Å². The Morgan fingerprint density at radius 2 is 2.05 bits per heavy atom. The molecule has 5 amide bonds. The van der Waals surface area contributed by atoms with Gasteiger partial charge >= 0.3 is 12.1 Å². The van der Waals surface area contributed by atoms with E-state index in [1.165, 1.54) is 16.2 Å². The van der Waals surface area contributed by atoms with Crippen LogP contribution in [0.5, 0.6) is 0 Å². The van der Waals surface area contributed by atoms with Crippen molar-refractivity contribution in [3.8, 4) is 0 Å². The number of carbonyl (C=O) groups excluding carboxylic acids is 3. The van der Waals surface area contributed by atoms with Gasteiger partial charge in [0.25, 0.3) is 0 Å². The fraction of sp³-hybridized carbons (Fsp3) is 0.364. The van der Waals surface area contributed by atoms with E-state index in [0.717, 1.165) is 4.88 Å². The van der Waals surface area contributed by atoms with Crippen molar-refractivity contribution in [1.29, 1.82) is 0 Å². The fourth-order valence-electron chi connectivity index (χ4n) is 2.43. The molecule has 0 aliphatic carbocycles. The predicted molar refractivity (Wildman–Crippen MR) is 67.3 cm³/mol. The van der Waals surface area contributed by atoms with Gasteiger partial charge in [-0.1, -0.05) is 6.07 Å². The van der Waals surface area contributed by atoms with E-state index in [1.54, 1.807) is 7.05 Å². The lowest BCUT2D eigenvalue weighted by Gasteiger charge is -2.44. The van der Waals surface area contributed by atoms with Gasteiger partial charge in [0.2, 0.25) is 5.91 Å². The minimum Gasteiger partial charge on any atom is -0.330 e. The van der Waals surface area contributed by atoms with Crippen LogP contribution in [-0.4, -0.2) is 36.1 Å². The molecule has 2 fully saturated rings. The Labute approximate surface area is 113 Å². The summed E-state index contributed by atoms with van der Waals surface area (Å²) >= 11 is 1.47. The summed E-state index contributed by atoms with van der Waals surface area (Å²) in [5.74, 6) is -0.918. The number of nitrogens with one attached hydrogen (secondary N) is 3. The summed E-state index contributed by atoms with van der Waals surface area (Å²) in [5.41, 5.74) is 0. The first-order valence-corrected chi connectivity index (χ1v) is 6.64. The number of urea groups is 2. The Hall–Kier alpha value is -2.09. The molecule has 3 rings (SSSR count). The summed E-state index contributed by atoms with van der Waals surface area (Å²) in [6.45, 7) is 0. The molecule has 19 heavy (non-hydrogen) atoms. The van der Waals surface area contributed by atoms with Crippen molar-refractivity contribution < 1.29 is 14.4 Å². The molecule has 0 radical (unpaired) electrons. The van der Waals surface area contributed by atoms with Gasteiger partial charge in [0.1, 0.15) is 12.1 Å². The number of thiophene rings is 1. The largest absolute Gasteiger partial charge is 0.330 e. The van der Waals surface area contributed by atoms with Gasteiger partial charge in [0.05, 0.1) is 6.04 Å². The van der Waals surface area contributed by atoms with E-state index in [0.29, 0.717) is 0 Å². The Morgan fingerprint density at radius 1 is 1.26 bits per heavy atom. The van der Waals surface area contributed by atoms with E-state index < -0.39 is 24.2 Å². The third-order valence-electron chi connectivity index (χ3n) is 3.39. The molecule has 7 nitrogen and oxygen atoms in total. The number of rotatable bonds is 1. The van der Waals surface area contributed by atoms with Crippen molar-refractivity contribution in [3.05, 3.63) is 22.4 Å². The first kappa shape index (κ1) is 12.0. The van der Waals surface area contributed by atoms with Crippen LogP contribution in [0.15, 0.2) is 17.5 Å². The van der Waals surface area contributed by atoms with Gasteiger partial charge in [-0.15, -0.1) is 11.3 Å². The Bertz CT molecular complexity index is 544. The summed E-state index contributed by atoms with van der Waals surface area (Å²) in [5, 5.41) is 9.54. The highest BCUT2D eigenvalue weighted by Gasteiger charge is 2.48. The number of carbonyl (C=O) groups is 3. The summed E-state index contributed by atoms with van der Waals surface area (Å²) in [7, 11) is 1.55. The molecule has 0 saturated carbocycles. The maximum Gasteiger partial charge on any atom is 0.325 e. The number of fused-ring (bicyclic) bond motifs is 1. The van der Waals surface area contributed by atoms with Crippen molar-refractivity contribution >= 4 is 29.3 Å². The normalized spacial score (nSPS) is 30.3. The van der Waals surface area contributed by atoms with Crippen molar-refractivity contribution in [2.24, 2.45) is 5.92 Å². The number of nitrogens with zero attached hydrogens (tertiary/aromatic N) is 1. The highest BCUT2D eigenvalue weighted by atomic mass is 32.1. The molecule has 3 heterocycles. The van der Waals surface area contributed by atoms with Crippen LogP contribution < -0.4 is 16.0 Å². The van der Waals surface area contributed by atoms with Crippen molar-refractivity contribution in [2.45, 2.75) is 12.2 Å². The summed E-state index contributed by atoms with van der Waals surface area (Å²) in [4.78, 5) is 37.6. The topological polar surface area (TPSA) is 90.5 Å². The lowest BCUT2D eigenvalue weighted by molar-refractivity contribution is -0.130. The highest BCUT2D eigenvalue weighted by Crippen LogP contribution is 2.33. The number of hydrogen-bond donors (Lipinski definition) is 3. The zero-order valence-electron chi connectivity index (χ0n) is 10.0. The molecule has 0 bridgehead atoms. The molecule has 2 aliphatic rings. The van der Waals surface area contributed by atoms with Crippen LogP contribution in [-0.2, 0) is 4.79 Å². The van der Waals surface area contributed by atoms with Gasteiger partial charge < -0.3 is 15.5 Å². The molecule has 3 atom stereocenters. The quantitative estimate of drug-likeness (QED) is 0.687. The van der Waals surface area contributed by atoms with Crippen LogP contribution in [0.1, 0.15) is 10.9 Å². The molecule has 1 aromatic rings. The van der Waals surface area contributed by atoms with Gasteiger partial charge in [0, 0.05) is 11.9 Å². The smallest absolute Gasteiger partial charge is 0.325 e. The van der Waals surface area contributed by atoms with Crippen molar-refractivity contribution in [2.75, 3.05) is 7.05 Å². The van der Waals surface area contributed by atoms with E-state index in [4.69, 9.17) is 0 Å². The zero-order chi connectivity index (χ0) is 13.6. The molecule has 3 N–H and O–H groups in total. The number of amides is 5. The Morgan fingerprint density at radius 3 is 2.74 bits per heavy atom. The van der Waals surface area contributed by atoms with Crippen LogP contribution >= 0.6 is 11.3 Å². The average molecular weight is 280 g/mol. The molecule has 2 aliphatic heterocycles. The van der Waals surface area contributed by atoms with E-state index in [9.17, 15) is 14.4 Å². The lowest BCUT2D eigenvalue weighted by Crippen LogP contribution is -2.71. The Kier molecular flexibility index (Phi) is 2.67. The standard InChI is InChI=1S/C11H12N4O3S/c1-15-8-6(9(16)14-11(15)18)7(12-10(17)13-8)5-3-2-4-19-5/h2-4,6-8H,1H3,(H2,12,13,17)(H,14,16,18). The first-order chi connectivity index (χ1) is 9.08. The third-order valence-corrected chi connectivity index (χ3v) is 4.34. The van der Waals surface area contributed by atoms with E-state index >= 15 is 0 Å². The van der Waals surface area contributed by atoms with Gasteiger partial charge in [-0.05, 0) is 11.4 Å². The van der Waals surface area contributed by atoms with Gasteiger partial charge in [0.15, 0.2) is 0 Å². The van der Waals surface area contributed by atoms with E-state index in [1.807, 2.05) is 17.5 Å². The maximum absolute atomic E-state index is 12.1. The summed E-state index contributed by atoms with van der Waals surface area (Å²) < 4.78 is 0. The molecular formula is C11H12N4O3S. The first-order valence-electron chi connectivity index (χ1n) is 5.76. The summed E-state index contributed by atoms with van der Waals surface area (Å²) in [6.07, 6.45) is -0.623. The Balaban J connectivity index is 1.99. The highest BCUT2D eigenvalue weighted by molar-refractivity contribution is 7.10. The molecule has 1 aromatic heterocycles. The fourth-order valence-corrected chi connectivity index (χ4v) is 3.25. The molecular weight excluding hydrogens is 268 g/mol. The molecule has 100 valence electrons. The average Bonchev–Trinajstić information content (AvgIpc) is 2.88. The maximum atomic E-state index is 12.1. The molecule has 3 unspecified atom stereocenters. The van der Waals surface area contributed by atoms with E-state index in [2.05, 4.69) is 16.0 Å². The molecule has 0 spiro atoms. The van der Waals surface area contributed by atoms with E-state index in [-0.39, 0.29) is 11.9 Å². The third kappa shape index (κ3) is 1.84. The van der Waals surface area contributed by atoms with Crippen LogP contribution in [0, 0.1) is 5.92 Å². The van der Waals surface area contributed by atoms with Crippen LogP contribution in [0.25, 0.3) is 0 Å². The molecule has 0 aromatic carbocycles. The monoisotopic (exact) mass is 280 g/mol. The second-order valence-electron chi connectivity index (χ2n) is 4.49. The minimum atomic E-state index is -0.623. The lowest BCUT2D eigenvalue weighted by atomic mass is 9.90. The van der Waals surface area contributed by atoms with Gasteiger partial charge in [-0.3, -0.25) is 10.1 Å². The zero-order valence-corrected chi connectivity index (χ0v) is 10.9. The van der Waals surface area contributed by atoms with Crippen molar-refractivity contribution in [3.63, 3.8) is 0 Å². The van der Waals surface area contributed by atoms with Gasteiger partial charge in [-0.2, -0.15) is 0 Å². The number of hydrogen-bond acceptors (Lipinski definition) is 4. The molecule has 8 heteroatoms. The SMILES string of the molecule is CN1C(=O)NC(=O)C2C(c3cccs3)NC(=O)NC21. The second kappa shape index (κ2) is 4.23. The second-order valence-corrected chi connectivity index (χ2v) is 5.47.